The SMILES string of the molecule is CCOC(=O)C1=C(N)N2C(=O)c3ccccc3SC2=C(C#N)[C@H]1c1cc(OC)c(OC)c(OC)c1. The Morgan fingerprint density at radius 3 is 2.37 bits per heavy atom. The first-order chi connectivity index (χ1) is 16.9. The van der Waals surface area contributed by atoms with E-state index in [-0.39, 0.29) is 23.6 Å². The van der Waals surface area contributed by atoms with Gasteiger partial charge in [0.15, 0.2) is 11.5 Å². The molecule has 0 saturated heterocycles. The van der Waals surface area contributed by atoms with Crippen molar-refractivity contribution < 1.29 is 28.5 Å². The molecule has 2 aliphatic rings. The molecule has 180 valence electrons. The van der Waals surface area contributed by atoms with Crippen molar-refractivity contribution in [2.75, 3.05) is 27.9 Å². The maximum atomic E-state index is 13.4. The second-order valence-electron chi connectivity index (χ2n) is 7.48. The largest absolute Gasteiger partial charge is 0.493 e. The third-order valence-corrected chi connectivity index (χ3v) is 6.86. The summed E-state index contributed by atoms with van der Waals surface area (Å²) in [5, 5.41) is 10.6. The van der Waals surface area contributed by atoms with Crippen LogP contribution in [0.1, 0.15) is 28.8 Å². The third kappa shape index (κ3) is 3.84. The molecule has 0 spiro atoms. The number of nitriles is 1. The van der Waals surface area contributed by atoms with E-state index in [0.717, 1.165) is 0 Å². The van der Waals surface area contributed by atoms with Gasteiger partial charge in [0.25, 0.3) is 5.91 Å². The van der Waals surface area contributed by atoms with Gasteiger partial charge in [0.1, 0.15) is 10.9 Å². The minimum atomic E-state index is -0.940. The molecule has 4 rings (SSSR count). The Labute approximate surface area is 206 Å². The van der Waals surface area contributed by atoms with Gasteiger partial charge < -0.3 is 24.7 Å². The van der Waals surface area contributed by atoms with Crippen LogP contribution in [-0.4, -0.2) is 44.7 Å². The summed E-state index contributed by atoms with van der Waals surface area (Å²) in [7, 11) is 4.41. The number of thioether (sulfide) groups is 1. The zero-order chi connectivity index (χ0) is 25.3. The van der Waals surface area contributed by atoms with Crippen LogP contribution in [0.15, 0.2) is 63.3 Å². The monoisotopic (exact) mass is 493 g/mol. The number of fused-ring (bicyclic) bond motifs is 2. The van der Waals surface area contributed by atoms with Crippen LogP contribution in [0.4, 0.5) is 0 Å². The first kappa shape index (κ1) is 24.0. The lowest BCUT2D eigenvalue weighted by molar-refractivity contribution is -0.138. The van der Waals surface area contributed by atoms with E-state index in [1.807, 2.05) is 6.07 Å². The van der Waals surface area contributed by atoms with Gasteiger partial charge in [-0.05, 0) is 36.8 Å². The fourth-order valence-corrected chi connectivity index (χ4v) is 5.34. The molecule has 2 aromatic rings. The van der Waals surface area contributed by atoms with Gasteiger partial charge in [0.05, 0.1) is 56.6 Å². The number of nitrogens with zero attached hydrogens (tertiary/aromatic N) is 2. The Hall–Kier alpha value is -4.10. The van der Waals surface area contributed by atoms with Crippen LogP contribution in [-0.2, 0) is 9.53 Å². The van der Waals surface area contributed by atoms with E-state index in [9.17, 15) is 14.9 Å². The lowest BCUT2D eigenvalue weighted by atomic mass is 9.82. The maximum Gasteiger partial charge on any atom is 0.338 e. The maximum absolute atomic E-state index is 13.4. The second-order valence-corrected chi connectivity index (χ2v) is 8.51. The molecule has 1 atom stereocenters. The number of esters is 1. The number of hydrogen-bond donors (Lipinski definition) is 1. The van der Waals surface area contributed by atoms with Crippen molar-refractivity contribution in [2.24, 2.45) is 5.73 Å². The van der Waals surface area contributed by atoms with Crippen LogP contribution in [0.25, 0.3) is 0 Å². The van der Waals surface area contributed by atoms with Crippen LogP contribution >= 0.6 is 11.8 Å². The zero-order valence-electron chi connectivity index (χ0n) is 19.6. The number of methoxy groups -OCH3 is 3. The van der Waals surface area contributed by atoms with E-state index in [1.165, 1.54) is 38.0 Å². The number of allylic oxidation sites excluding steroid dienone is 1. The second kappa shape index (κ2) is 9.64. The molecular formula is C25H23N3O6S. The minimum absolute atomic E-state index is 0.0187. The molecule has 2 N–H and O–H groups in total. The van der Waals surface area contributed by atoms with Crippen LogP contribution in [0.2, 0.25) is 0 Å². The Morgan fingerprint density at radius 2 is 1.80 bits per heavy atom. The van der Waals surface area contributed by atoms with Crippen molar-refractivity contribution in [1.29, 1.82) is 5.26 Å². The number of carbonyl (C=O) groups is 2. The van der Waals surface area contributed by atoms with Gasteiger partial charge in [0, 0.05) is 4.90 Å². The number of hydrogen-bond acceptors (Lipinski definition) is 9. The summed E-state index contributed by atoms with van der Waals surface area (Å²) in [6, 6.07) is 12.5. The number of rotatable bonds is 6. The molecule has 0 saturated carbocycles. The smallest absolute Gasteiger partial charge is 0.338 e. The van der Waals surface area contributed by atoms with Crippen molar-refractivity contribution in [3.63, 3.8) is 0 Å². The van der Waals surface area contributed by atoms with E-state index < -0.39 is 17.8 Å². The summed E-state index contributed by atoms with van der Waals surface area (Å²) in [6.45, 7) is 1.75. The standard InChI is InChI=1S/C25H23N3O6S/c1-5-34-25(30)20-19(13-10-16(31-2)21(33-4)17(11-13)32-3)15(12-26)24-28(22(20)27)23(29)14-8-6-7-9-18(14)35-24/h6-11,19H,5,27H2,1-4H3/t19-/m1/s1. The Kier molecular flexibility index (Phi) is 6.62. The molecule has 10 heteroatoms. The lowest BCUT2D eigenvalue weighted by Crippen LogP contribution is -2.42. The lowest BCUT2D eigenvalue weighted by Gasteiger charge is -2.38. The Bertz CT molecular complexity index is 1300. The van der Waals surface area contributed by atoms with Crippen LogP contribution in [0.3, 0.4) is 0 Å². The molecule has 0 fully saturated rings. The van der Waals surface area contributed by atoms with Gasteiger partial charge in [-0.25, -0.2) is 4.79 Å². The molecule has 1 amide bonds. The summed E-state index contributed by atoms with van der Waals surface area (Å²) >= 11 is 1.24. The number of ether oxygens (including phenoxy) is 4. The van der Waals surface area contributed by atoms with Gasteiger partial charge in [-0.3, -0.25) is 9.69 Å². The van der Waals surface area contributed by atoms with Crippen LogP contribution in [0.5, 0.6) is 17.2 Å². The van der Waals surface area contributed by atoms with Crippen LogP contribution < -0.4 is 19.9 Å². The highest BCUT2D eigenvalue weighted by Gasteiger charge is 2.45. The molecule has 35 heavy (non-hydrogen) atoms. The van der Waals surface area contributed by atoms with Crippen molar-refractivity contribution in [1.82, 2.24) is 4.90 Å². The predicted molar refractivity (Wildman–Crippen MR) is 128 cm³/mol. The number of carbonyl (C=O) groups excluding carboxylic acids is 2. The van der Waals surface area contributed by atoms with E-state index in [0.29, 0.717) is 38.3 Å². The zero-order valence-corrected chi connectivity index (χ0v) is 20.4. The fraction of sp³-hybridized carbons (Fsp3) is 0.240. The average molecular weight is 494 g/mol. The molecule has 0 aromatic heterocycles. The number of benzene rings is 2. The quantitative estimate of drug-likeness (QED) is 0.602. The van der Waals surface area contributed by atoms with Crippen molar-refractivity contribution >= 4 is 23.6 Å². The Morgan fingerprint density at radius 1 is 1.14 bits per heavy atom. The first-order valence-electron chi connectivity index (χ1n) is 10.6. The van der Waals surface area contributed by atoms with E-state index in [1.54, 1.807) is 37.3 Å². The third-order valence-electron chi connectivity index (χ3n) is 5.69. The first-order valence-corrected chi connectivity index (χ1v) is 11.5. The molecule has 0 aliphatic carbocycles. The van der Waals surface area contributed by atoms with Gasteiger partial charge in [-0.1, -0.05) is 23.9 Å². The van der Waals surface area contributed by atoms with Crippen molar-refractivity contribution in [3.05, 3.63) is 69.5 Å². The highest BCUT2D eigenvalue weighted by molar-refractivity contribution is 8.03. The molecule has 2 heterocycles. The summed E-state index contributed by atoms with van der Waals surface area (Å²) in [5.74, 6) is -1.16. The van der Waals surface area contributed by atoms with Gasteiger partial charge in [-0.15, -0.1) is 0 Å². The highest BCUT2D eigenvalue weighted by atomic mass is 32.2. The minimum Gasteiger partial charge on any atom is -0.493 e. The van der Waals surface area contributed by atoms with E-state index >= 15 is 0 Å². The van der Waals surface area contributed by atoms with Gasteiger partial charge in [0.2, 0.25) is 5.75 Å². The van der Waals surface area contributed by atoms with Crippen molar-refractivity contribution in [2.45, 2.75) is 17.7 Å². The van der Waals surface area contributed by atoms with Crippen LogP contribution in [0, 0.1) is 11.3 Å². The molecular weight excluding hydrogens is 470 g/mol. The normalized spacial score (nSPS) is 16.8. The predicted octanol–water partition coefficient (Wildman–Crippen LogP) is 3.53. The molecule has 9 nitrogen and oxygen atoms in total. The summed E-state index contributed by atoms with van der Waals surface area (Å²) in [6.07, 6.45) is 0. The average Bonchev–Trinajstić information content (AvgIpc) is 2.87. The van der Waals surface area contributed by atoms with Gasteiger partial charge in [-0.2, -0.15) is 5.26 Å². The van der Waals surface area contributed by atoms with Gasteiger partial charge >= 0.3 is 5.97 Å². The molecule has 0 radical (unpaired) electrons. The molecule has 2 aliphatic heterocycles. The Balaban J connectivity index is 2.03. The van der Waals surface area contributed by atoms with E-state index in [2.05, 4.69) is 6.07 Å². The molecule has 2 aromatic carbocycles. The number of nitrogens with two attached hydrogens (primary N) is 1. The topological polar surface area (TPSA) is 124 Å². The summed E-state index contributed by atoms with van der Waals surface area (Å²) < 4.78 is 21.7. The molecule has 0 bridgehead atoms. The summed E-state index contributed by atoms with van der Waals surface area (Å²) in [5.41, 5.74) is 7.56. The highest BCUT2D eigenvalue weighted by Crippen LogP contribution is 2.51. The van der Waals surface area contributed by atoms with E-state index in [4.69, 9.17) is 24.7 Å². The molecule has 0 unspecified atom stereocenters. The fourth-order valence-electron chi connectivity index (χ4n) is 4.17. The summed E-state index contributed by atoms with van der Waals surface area (Å²) in [4.78, 5) is 28.5. The number of amides is 1. The van der Waals surface area contributed by atoms with Crippen molar-refractivity contribution in [3.8, 4) is 23.3 Å².